The van der Waals surface area contributed by atoms with Crippen molar-refractivity contribution >= 4 is 11.9 Å². The highest BCUT2D eigenvalue weighted by Gasteiger charge is 2.19. The third kappa shape index (κ3) is 6.69. The Morgan fingerprint density at radius 2 is 1.83 bits per heavy atom. The fourth-order valence-corrected chi connectivity index (χ4v) is 1.93. The monoisotopic (exact) mass is 323 g/mol. The van der Waals surface area contributed by atoms with Gasteiger partial charge in [-0.3, -0.25) is 4.79 Å². The van der Waals surface area contributed by atoms with Gasteiger partial charge in [-0.15, -0.1) is 0 Å². The summed E-state index contributed by atoms with van der Waals surface area (Å²) < 4.78 is 10.2. The summed E-state index contributed by atoms with van der Waals surface area (Å²) >= 11 is 0. The van der Waals surface area contributed by atoms with Crippen molar-refractivity contribution in [2.45, 2.75) is 38.6 Å². The molecule has 1 aromatic carbocycles. The Morgan fingerprint density at radius 1 is 1.22 bits per heavy atom. The van der Waals surface area contributed by atoms with Gasteiger partial charge in [0.25, 0.3) is 5.91 Å². The molecule has 6 nitrogen and oxygen atoms in total. The van der Waals surface area contributed by atoms with E-state index >= 15 is 0 Å². The number of carboxylic acids is 1. The molecule has 1 amide bonds. The third-order valence-corrected chi connectivity index (χ3v) is 3.33. The Hall–Kier alpha value is -2.08. The van der Waals surface area contributed by atoms with Gasteiger partial charge in [0.1, 0.15) is 11.8 Å². The molecule has 0 aliphatic carbocycles. The molecule has 0 aliphatic heterocycles. The Morgan fingerprint density at radius 3 is 2.30 bits per heavy atom. The largest absolute Gasteiger partial charge is 0.484 e. The number of ether oxygens (including phenoxy) is 2. The average Bonchev–Trinajstić information content (AvgIpc) is 2.48. The quantitative estimate of drug-likeness (QED) is 0.764. The van der Waals surface area contributed by atoms with Crippen LogP contribution in [0, 0.1) is 0 Å². The predicted molar refractivity (Wildman–Crippen MR) is 86.7 cm³/mol. The van der Waals surface area contributed by atoms with Crippen molar-refractivity contribution in [1.82, 2.24) is 5.32 Å². The molecule has 0 radical (unpaired) electrons. The molecule has 1 unspecified atom stereocenters. The molecular formula is C17H25NO5. The van der Waals surface area contributed by atoms with Crippen LogP contribution in [0.2, 0.25) is 0 Å². The van der Waals surface area contributed by atoms with Gasteiger partial charge in [0.2, 0.25) is 0 Å². The first-order valence-electron chi connectivity index (χ1n) is 7.48. The number of benzene rings is 1. The van der Waals surface area contributed by atoms with E-state index in [0.717, 1.165) is 0 Å². The van der Waals surface area contributed by atoms with Crippen molar-refractivity contribution < 1.29 is 24.2 Å². The summed E-state index contributed by atoms with van der Waals surface area (Å²) in [4.78, 5) is 22.8. The maximum atomic E-state index is 11.8. The summed E-state index contributed by atoms with van der Waals surface area (Å²) in [5.41, 5.74) is 1.21. The fourth-order valence-electron chi connectivity index (χ4n) is 1.93. The van der Waals surface area contributed by atoms with E-state index in [0.29, 0.717) is 5.75 Å². The minimum atomic E-state index is -1.09. The number of amides is 1. The molecule has 0 aliphatic rings. The van der Waals surface area contributed by atoms with Crippen molar-refractivity contribution in [3.05, 3.63) is 29.8 Å². The van der Waals surface area contributed by atoms with E-state index < -0.39 is 17.9 Å². The Labute approximate surface area is 136 Å². The Kier molecular flexibility index (Phi) is 7.03. The molecule has 0 bridgehead atoms. The highest BCUT2D eigenvalue weighted by atomic mass is 16.5. The lowest BCUT2D eigenvalue weighted by Crippen LogP contribution is -2.43. The number of nitrogens with one attached hydrogen (secondary N) is 1. The van der Waals surface area contributed by atoms with E-state index in [1.807, 2.05) is 12.1 Å². The lowest BCUT2D eigenvalue weighted by molar-refractivity contribution is -0.142. The van der Waals surface area contributed by atoms with Crippen LogP contribution in [0.25, 0.3) is 0 Å². The SMILES string of the molecule is COCCC(NC(=O)COc1ccc(C(C)(C)C)cc1)C(=O)O. The minimum absolute atomic E-state index is 0.0476. The van der Waals surface area contributed by atoms with Gasteiger partial charge in [0.05, 0.1) is 0 Å². The zero-order chi connectivity index (χ0) is 17.5. The number of carbonyl (C=O) groups excluding carboxylic acids is 1. The molecule has 0 spiro atoms. The van der Waals surface area contributed by atoms with Crippen molar-refractivity contribution in [1.29, 1.82) is 0 Å². The van der Waals surface area contributed by atoms with Crippen LogP contribution < -0.4 is 10.1 Å². The van der Waals surface area contributed by atoms with Crippen LogP contribution in [0.15, 0.2) is 24.3 Å². The molecule has 128 valence electrons. The van der Waals surface area contributed by atoms with Crippen LogP contribution >= 0.6 is 0 Å². The molecule has 1 aromatic rings. The zero-order valence-electron chi connectivity index (χ0n) is 14.1. The first-order chi connectivity index (χ1) is 10.7. The highest BCUT2D eigenvalue weighted by Crippen LogP contribution is 2.24. The molecule has 2 N–H and O–H groups in total. The van der Waals surface area contributed by atoms with Crippen LogP contribution in [0.3, 0.4) is 0 Å². The molecule has 0 saturated heterocycles. The van der Waals surface area contributed by atoms with Gasteiger partial charge in [-0.2, -0.15) is 0 Å². The molecule has 0 heterocycles. The second-order valence-electron chi connectivity index (χ2n) is 6.30. The number of hydrogen-bond donors (Lipinski definition) is 2. The molecule has 1 atom stereocenters. The third-order valence-electron chi connectivity index (χ3n) is 3.33. The molecule has 1 rings (SSSR count). The van der Waals surface area contributed by atoms with Crippen LogP contribution in [0.1, 0.15) is 32.8 Å². The smallest absolute Gasteiger partial charge is 0.326 e. The molecule has 0 fully saturated rings. The normalized spacial score (nSPS) is 12.5. The summed E-state index contributed by atoms with van der Waals surface area (Å²) in [6.45, 7) is 6.37. The fraction of sp³-hybridized carbons (Fsp3) is 0.529. The molecule has 0 aromatic heterocycles. The van der Waals surface area contributed by atoms with Crippen LogP contribution in [0.5, 0.6) is 5.75 Å². The van der Waals surface area contributed by atoms with E-state index in [9.17, 15) is 9.59 Å². The van der Waals surface area contributed by atoms with Crippen molar-refractivity contribution in [3.8, 4) is 5.75 Å². The number of rotatable bonds is 8. The van der Waals surface area contributed by atoms with Crippen molar-refractivity contribution in [2.75, 3.05) is 20.3 Å². The summed E-state index contributed by atoms with van der Waals surface area (Å²) in [5, 5.41) is 11.4. The maximum Gasteiger partial charge on any atom is 0.326 e. The first-order valence-corrected chi connectivity index (χ1v) is 7.48. The van der Waals surface area contributed by atoms with Crippen LogP contribution in [-0.4, -0.2) is 43.3 Å². The van der Waals surface area contributed by atoms with E-state index in [2.05, 4.69) is 26.1 Å². The first kappa shape index (κ1) is 19.0. The number of carboxylic acid groups (broad SMARTS) is 1. The average molecular weight is 323 g/mol. The number of hydrogen-bond acceptors (Lipinski definition) is 4. The standard InChI is InChI=1S/C17H25NO5/c1-17(2,3)12-5-7-13(8-6-12)23-11-15(19)18-14(16(20)21)9-10-22-4/h5-8,14H,9-11H2,1-4H3,(H,18,19)(H,20,21). The number of carbonyl (C=O) groups is 2. The second-order valence-corrected chi connectivity index (χ2v) is 6.30. The van der Waals surface area contributed by atoms with Crippen molar-refractivity contribution in [2.24, 2.45) is 0 Å². The summed E-state index contributed by atoms with van der Waals surface area (Å²) in [6.07, 6.45) is 0.206. The van der Waals surface area contributed by atoms with E-state index in [1.165, 1.54) is 12.7 Å². The van der Waals surface area contributed by atoms with Gasteiger partial charge in [0.15, 0.2) is 6.61 Å². The lowest BCUT2D eigenvalue weighted by Gasteiger charge is -2.19. The molecule has 23 heavy (non-hydrogen) atoms. The number of methoxy groups -OCH3 is 1. The molecular weight excluding hydrogens is 298 g/mol. The number of aliphatic carboxylic acids is 1. The maximum absolute atomic E-state index is 11.8. The summed E-state index contributed by atoms with van der Waals surface area (Å²) in [6, 6.07) is 6.52. The molecule has 0 saturated carbocycles. The predicted octanol–water partition coefficient (Wildman–Crippen LogP) is 1.97. The Bertz CT molecular complexity index is 519. The highest BCUT2D eigenvalue weighted by molar-refractivity contribution is 5.84. The van der Waals surface area contributed by atoms with Gasteiger partial charge >= 0.3 is 5.97 Å². The van der Waals surface area contributed by atoms with Crippen molar-refractivity contribution in [3.63, 3.8) is 0 Å². The summed E-state index contributed by atoms with van der Waals surface area (Å²) in [5.74, 6) is -1.00. The second kappa shape index (κ2) is 8.53. The van der Waals surface area contributed by atoms with Gasteiger partial charge in [0, 0.05) is 20.1 Å². The zero-order valence-corrected chi connectivity index (χ0v) is 14.1. The van der Waals surface area contributed by atoms with Gasteiger partial charge in [-0.05, 0) is 23.1 Å². The van der Waals surface area contributed by atoms with Crippen LogP contribution in [0.4, 0.5) is 0 Å². The van der Waals surface area contributed by atoms with Gasteiger partial charge in [-0.1, -0.05) is 32.9 Å². The van der Waals surface area contributed by atoms with Gasteiger partial charge in [-0.25, -0.2) is 4.79 Å². The van der Waals surface area contributed by atoms with E-state index in [-0.39, 0.29) is 25.0 Å². The van der Waals surface area contributed by atoms with E-state index in [4.69, 9.17) is 14.6 Å². The lowest BCUT2D eigenvalue weighted by atomic mass is 9.87. The Balaban J connectivity index is 2.50. The van der Waals surface area contributed by atoms with Crippen LogP contribution in [-0.2, 0) is 19.7 Å². The summed E-state index contributed by atoms with van der Waals surface area (Å²) in [7, 11) is 1.48. The minimum Gasteiger partial charge on any atom is -0.484 e. The molecule has 6 heteroatoms. The topological polar surface area (TPSA) is 84.9 Å². The van der Waals surface area contributed by atoms with E-state index in [1.54, 1.807) is 12.1 Å². The van der Waals surface area contributed by atoms with Gasteiger partial charge < -0.3 is 19.9 Å².